The second-order valence-electron chi connectivity index (χ2n) is 8.06. The molecule has 0 saturated carbocycles. The van der Waals surface area contributed by atoms with Crippen LogP contribution < -0.4 is 24.4 Å². The van der Waals surface area contributed by atoms with Crippen LogP contribution in [0.3, 0.4) is 0 Å². The molecule has 0 fully saturated rings. The van der Waals surface area contributed by atoms with Gasteiger partial charge in [-0.25, -0.2) is 9.79 Å². The van der Waals surface area contributed by atoms with Crippen molar-refractivity contribution in [3.8, 4) is 17.6 Å². The number of ether oxygens (including phenoxy) is 3. The second-order valence-corrected chi connectivity index (χ2v) is 10.4. The van der Waals surface area contributed by atoms with Crippen molar-refractivity contribution in [3.63, 3.8) is 0 Å². The summed E-state index contributed by atoms with van der Waals surface area (Å²) in [5.74, 6) is 0.527. The lowest BCUT2D eigenvalue weighted by molar-refractivity contribution is -0.139. The van der Waals surface area contributed by atoms with E-state index in [-0.39, 0.29) is 18.8 Å². The van der Waals surface area contributed by atoms with Crippen LogP contribution in [0.15, 0.2) is 61.9 Å². The molecule has 0 spiro atoms. The molecule has 1 atom stereocenters. The van der Waals surface area contributed by atoms with Gasteiger partial charge in [0.25, 0.3) is 5.56 Å². The van der Waals surface area contributed by atoms with E-state index in [9.17, 15) is 9.59 Å². The molecule has 0 bridgehead atoms. The molecular weight excluding hydrogens is 594 g/mol. The van der Waals surface area contributed by atoms with E-state index < -0.39 is 12.0 Å². The molecule has 1 aromatic heterocycles. The smallest absolute Gasteiger partial charge is 0.338 e. The molecule has 1 aliphatic heterocycles. The number of allylic oxidation sites excluding steroid dienone is 1. The molecule has 2 heterocycles. The van der Waals surface area contributed by atoms with Crippen LogP contribution in [0, 0.1) is 11.3 Å². The Hall–Kier alpha value is -3.39. The van der Waals surface area contributed by atoms with Crippen molar-refractivity contribution in [2.75, 3.05) is 19.8 Å². The molecule has 0 aliphatic carbocycles. The van der Waals surface area contributed by atoms with Gasteiger partial charge in [-0.1, -0.05) is 35.1 Å². The van der Waals surface area contributed by atoms with Crippen LogP contribution >= 0.6 is 38.9 Å². The number of aromatic nitrogens is 1. The van der Waals surface area contributed by atoms with Gasteiger partial charge in [0.1, 0.15) is 17.6 Å². The highest BCUT2D eigenvalue weighted by Gasteiger charge is 2.33. The molecule has 0 unspecified atom stereocenters. The van der Waals surface area contributed by atoms with E-state index in [1.54, 1.807) is 44.2 Å². The highest BCUT2D eigenvalue weighted by atomic mass is 79.9. The summed E-state index contributed by atoms with van der Waals surface area (Å²) < 4.78 is 18.9. The van der Waals surface area contributed by atoms with Crippen LogP contribution in [0.5, 0.6) is 11.5 Å². The number of carbonyl (C=O) groups excluding carboxylic acids is 1. The molecule has 2 aromatic carbocycles. The zero-order valence-corrected chi connectivity index (χ0v) is 23.9. The van der Waals surface area contributed by atoms with E-state index in [4.69, 9.17) is 31.1 Å². The fourth-order valence-corrected chi connectivity index (χ4v) is 6.09. The lowest BCUT2D eigenvalue weighted by Crippen LogP contribution is -2.39. The third-order valence-electron chi connectivity index (χ3n) is 5.63. The molecule has 196 valence electrons. The molecule has 11 heteroatoms. The molecule has 0 saturated heterocycles. The van der Waals surface area contributed by atoms with Gasteiger partial charge in [0.15, 0.2) is 11.4 Å². The number of halogens is 2. The zero-order valence-electron chi connectivity index (χ0n) is 20.8. The average molecular weight is 617 g/mol. The SMILES string of the molecule is CCOC(=O)C1=C(C)N=c2s/c(=C\c3cc(Cl)cc(Br)c3OCC#N)c(=O)n2[C@@H]1c1ccc(OCC)cc1. The topological polar surface area (TPSA) is 103 Å². The minimum absolute atomic E-state index is 0.178. The van der Waals surface area contributed by atoms with Crippen LogP contribution in [-0.2, 0) is 9.53 Å². The minimum atomic E-state index is -0.747. The van der Waals surface area contributed by atoms with Crippen molar-refractivity contribution in [1.82, 2.24) is 4.57 Å². The third-order valence-corrected chi connectivity index (χ3v) is 7.42. The molecule has 38 heavy (non-hydrogen) atoms. The summed E-state index contributed by atoms with van der Waals surface area (Å²) in [5, 5.41) is 9.41. The number of rotatable bonds is 8. The van der Waals surface area contributed by atoms with E-state index in [1.165, 1.54) is 15.9 Å². The van der Waals surface area contributed by atoms with Crippen molar-refractivity contribution < 1.29 is 19.0 Å². The lowest BCUT2D eigenvalue weighted by Gasteiger charge is -2.24. The average Bonchev–Trinajstić information content (AvgIpc) is 3.17. The lowest BCUT2D eigenvalue weighted by atomic mass is 9.96. The predicted octanol–water partition coefficient (Wildman–Crippen LogP) is 4.52. The number of nitrogens with zero attached hydrogens (tertiary/aromatic N) is 3. The summed E-state index contributed by atoms with van der Waals surface area (Å²) in [6.45, 7) is 5.87. The number of benzene rings is 2. The maximum atomic E-state index is 13.8. The van der Waals surface area contributed by atoms with E-state index in [0.29, 0.717) is 59.3 Å². The second kappa shape index (κ2) is 12.0. The van der Waals surface area contributed by atoms with Crippen LogP contribution in [-0.4, -0.2) is 30.4 Å². The Bertz CT molecular complexity index is 1640. The van der Waals surface area contributed by atoms with Crippen molar-refractivity contribution in [1.29, 1.82) is 5.26 Å². The van der Waals surface area contributed by atoms with Gasteiger partial charge in [-0.15, -0.1) is 0 Å². The predicted molar refractivity (Wildman–Crippen MR) is 148 cm³/mol. The van der Waals surface area contributed by atoms with Crippen LogP contribution in [0.2, 0.25) is 5.02 Å². The molecular formula is C27H23BrClN3O5S. The summed E-state index contributed by atoms with van der Waals surface area (Å²) in [4.78, 5) is 31.9. The van der Waals surface area contributed by atoms with E-state index in [0.717, 1.165) is 0 Å². The zero-order chi connectivity index (χ0) is 27.4. The first-order valence-corrected chi connectivity index (χ1v) is 13.7. The largest absolute Gasteiger partial charge is 0.494 e. The quantitative estimate of drug-likeness (QED) is 0.345. The van der Waals surface area contributed by atoms with Crippen molar-refractivity contribution >= 4 is 50.9 Å². The van der Waals surface area contributed by atoms with Gasteiger partial charge >= 0.3 is 5.97 Å². The Morgan fingerprint density at radius 3 is 2.63 bits per heavy atom. The van der Waals surface area contributed by atoms with Gasteiger partial charge in [0, 0.05) is 10.6 Å². The molecule has 3 aromatic rings. The number of nitriles is 1. The summed E-state index contributed by atoms with van der Waals surface area (Å²) in [5.41, 5.74) is 1.65. The van der Waals surface area contributed by atoms with Gasteiger partial charge in [-0.2, -0.15) is 5.26 Å². The maximum Gasteiger partial charge on any atom is 0.338 e. The minimum Gasteiger partial charge on any atom is -0.494 e. The number of hydrogen-bond acceptors (Lipinski definition) is 8. The Balaban J connectivity index is 1.94. The van der Waals surface area contributed by atoms with Gasteiger partial charge < -0.3 is 14.2 Å². The van der Waals surface area contributed by atoms with Crippen LogP contribution in [0.4, 0.5) is 0 Å². The Labute approximate surface area is 236 Å². The first-order chi connectivity index (χ1) is 18.3. The number of fused-ring (bicyclic) bond motifs is 1. The van der Waals surface area contributed by atoms with Gasteiger partial charge in [-0.3, -0.25) is 9.36 Å². The number of hydrogen-bond donors (Lipinski definition) is 0. The number of thiazole rings is 1. The summed E-state index contributed by atoms with van der Waals surface area (Å²) in [7, 11) is 0. The van der Waals surface area contributed by atoms with Crippen molar-refractivity contribution in [2.24, 2.45) is 4.99 Å². The Kier molecular flexibility index (Phi) is 8.72. The molecule has 1 aliphatic rings. The first-order valence-electron chi connectivity index (χ1n) is 11.7. The highest BCUT2D eigenvalue weighted by molar-refractivity contribution is 9.10. The molecule has 4 rings (SSSR count). The number of carbonyl (C=O) groups is 1. The fraction of sp³-hybridized carbons (Fsp3) is 0.259. The van der Waals surface area contributed by atoms with Crippen molar-refractivity contribution in [2.45, 2.75) is 26.8 Å². The molecule has 0 radical (unpaired) electrons. The first kappa shape index (κ1) is 27.6. The molecule has 0 amide bonds. The van der Waals surface area contributed by atoms with Gasteiger partial charge in [0.05, 0.1) is 39.5 Å². The van der Waals surface area contributed by atoms with E-state index in [1.807, 2.05) is 25.1 Å². The highest BCUT2D eigenvalue weighted by Crippen LogP contribution is 2.34. The monoisotopic (exact) mass is 615 g/mol. The normalized spacial score (nSPS) is 14.9. The van der Waals surface area contributed by atoms with Crippen LogP contribution in [0.25, 0.3) is 6.08 Å². The molecule has 8 nitrogen and oxygen atoms in total. The third kappa shape index (κ3) is 5.55. The maximum absolute atomic E-state index is 13.8. The summed E-state index contributed by atoms with van der Waals surface area (Å²) in [6.07, 6.45) is 1.64. The summed E-state index contributed by atoms with van der Waals surface area (Å²) >= 11 is 10.9. The van der Waals surface area contributed by atoms with E-state index in [2.05, 4.69) is 20.9 Å². The van der Waals surface area contributed by atoms with Gasteiger partial charge in [0.2, 0.25) is 0 Å². The molecule has 0 N–H and O–H groups in total. The Morgan fingerprint density at radius 2 is 1.97 bits per heavy atom. The van der Waals surface area contributed by atoms with Gasteiger partial charge in [-0.05, 0) is 72.6 Å². The fourth-order valence-electron chi connectivity index (χ4n) is 4.11. The number of esters is 1. The standard InChI is InChI=1S/C27H23BrClN3O5S/c1-4-35-19-8-6-16(7-9-19)23-22(26(34)36-5-2)15(3)31-27-32(23)25(33)21(38-27)13-17-12-18(29)14-20(28)24(17)37-11-10-30/h6-9,12-14,23H,4-5,11H2,1-3H3/b21-13-/t23-/m1/s1. The van der Waals surface area contributed by atoms with Crippen molar-refractivity contribution in [3.05, 3.63) is 88.0 Å². The Morgan fingerprint density at radius 1 is 1.24 bits per heavy atom. The van der Waals surface area contributed by atoms with Crippen LogP contribution in [0.1, 0.15) is 37.9 Å². The van der Waals surface area contributed by atoms with E-state index >= 15 is 0 Å². The summed E-state index contributed by atoms with van der Waals surface area (Å²) in [6, 6.07) is 11.7.